The first kappa shape index (κ1) is 34.3. The van der Waals surface area contributed by atoms with Crippen LogP contribution in [0.15, 0.2) is 115 Å². The number of anilines is 3. The Hall–Kier alpha value is -4.61. The van der Waals surface area contributed by atoms with Gasteiger partial charge >= 0.3 is 0 Å². The van der Waals surface area contributed by atoms with E-state index in [1.807, 2.05) is 54.9 Å². The maximum atomic E-state index is 6.51. The van der Waals surface area contributed by atoms with Crippen molar-refractivity contribution in [1.82, 2.24) is 9.97 Å². The average Bonchev–Trinajstić information content (AvgIpc) is 3.59. The van der Waals surface area contributed by atoms with Gasteiger partial charge in [-0.25, -0.2) is 0 Å². The molecule has 1 aliphatic rings. The molecule has 0 spiro atoms. The van der Waals surface area contributed by atoms with Gasteiger partial charge in [-0.1, -0.05) is 89.6 Å². The maximum absolute atomic E-state index is 6.51. The molecule has 49 heavy (non-hydrogen) atoms. The third-order valence-electron chi connectivity index (χ3n) is 8.87. The molecule has 4 nitrogen and oxygen atoms in total. The minimum Gasteiger partial charge on any atom is -0.498 e. The molecule has 0 N–H and O–H groups in total. The average molecular weight is 836 g/mol. The van der Waals surface area contributed by atoms with Crippen LogP contribution in [0, 0.1) is 32.9 Å². The fourth-order valence-electron chi connectivity index (χ4n) is 5.99. The van der Waals surface area contributed by atoms with Crippen molar-refractivity contribution >= 4 is 38.5 Å². The van der Waals surface area contributed by atoms with E-state index in [2.05, 4.69) is 124 Å². The smallest absolute Gasteiger partial charge is 0.138 e. The van der Waals surface area contributed by atoms with Gasteiger partial charge in [-0.05, 0) is 63.8 Å². The molecule has 0 saturated carbocycles. The van der Waals surface area contributed by atoms with Crippen LogP contribution in [-0.2, 0) is 25.5 Å². The fraction of sp³-hybridized carbons (Fsp3) is 0.163. The van der Waals surface area contributed by atoms with Crippen molar-refractivity contribution in [2.75, 3.05) is 4.90 Å². The summed E-state index contributed by atoms with van der Waals surface area (Å²) in [5, 5.41) is 3.22. The molecule has 8 rings (SSSR count). The van der Waals surface area contributed by atoms with Crippen molar-refractivity contribution in [3.05, 3.63) is 149 Å². The fourth-order valence-corrected chi connectivity index (χ4v) is 6.77. The second-order valence-corrected chi connectivity index (χ2v) is 14.0. The molecule has 1 aliphatic heterocycles. The molecule has 0 fully saturated rings. The van der Waals surface area contributed by atoms with Crippen LogP contribution in [0.5, 0.6) is 11.5 Å². The zero-order valence-corrected chi connectivity index (χ0v) is 31.7. The predicted octanol–water partition coefficient (Wildman–Crippen LogP) is 12.1. The van der Waals surface area contributed by atoms with Gasteiger partial charge in [0.2, 0.25) is 0 Å². The largest absolute Gasteiger partial charge is 0.498 e. The number of hydrogen-bond acceptors (Lipinski definition) is 5. The third-order valence-corrected chi connectivity index (χ3v) is 9.76. The van der Waals surface area contributed by atoms with Crippen molar-refractivity contribution in [3.63, 3.8) is 0 Å². The molecule has 0 unspecified atom stereocenters. The molecule has 0 saturated heterocycles. The third kappa shape index (κ3) is 6.82. The van der Waals surface area contributed by atoms with E-state index in [0.717, 1.165) is 56.5 Å². The number of benzene rings is 4. The Morgan fingerprint density at radius 2 is 1.57 bits per heavy atom. The minimum atomic E-state index is 0. The standard InChI is InChI=1S/C29H23N2OS.C14H14N.Ir/c1-29(2,3)19-11-13-20(14-12-19)31-23-8-4-5-10-25(23)32-28-22(7-6-9-24(28)31)27-21-16-18-33-26(21)15-17-30-27;1-10-8-13(9-11(2)12(10)3)14-6-4-5-7-15-14;/h4-6,8-18H,1-3H3;4-8H,1-3H3;/q2*-1;. The van der Waals surface area contributed by atoms with Gasteiger partial charge in [-0.2, -0.15) is 0 Å². The van der Waals surface area contributed by atoms with Gasteiger partial charge in [0.1, 0.15) is 5.75 Å². The van der Waals surface area contributed by atoms with Crippen LogP contribution in [0.2, 0.25) is 0 Å². The summed E-state index contributed by atoms with van der Waals surface area (Å²) in [4.78, 5) is 11.3. The Morgan fingerprint density at radius 1 is 0.796 bits per heavy atom. The molecular formula is C43H37IrN3OS-2. The first-order chi connectivity index (χ1) is 23.2. The van der Waals surface area contributed by atoms with Crippen LogP contribution in [0.1, 0.15) is 43.0 Å². The summed E-state index contributed by atoms with van der Waals surface area (Å²) < 4.78 is 7.71. The van der Waals surface area contributed by atoms with Crippen LogP contribution in [0.3, 0.4) is 0 Å². The number of fused-ring (bicyclic) bond motifs is 3. The molecule has 0 atom stereocenters. The Labute approximate surface area is 306 Å². The summed E-state index contributed by atoms with van der Waals surface area (Å²) >= 11 is 1.72. The molecule has 4 heterocycles. The molecule has 0 aliphatic carbocycles. The topological polar surface area (TPSA) is 38.2 Å². The van der Waals surface area contributed by atoms with Crippen molar-refractivity contribution < 1.29 is 24.8 Å². The van der Waals surface area contributed by atoms with Gasteiger partial charge in [0, 0.05) is 54.3 Å². The van der Waals surface area contributed by atoms with Gasteiger partial charge in [0.05, 0.1) is 11.4 Å². The number of aryl methyl sites for hydroxylation is 2. The van der Waals surface area contributed by atoms with Crippen molar-refractivity contribution in [2.45, 2.75) is 47.0 Å². The summed E-state index contributed by atoms with van der Waals surface area (Å²) in [6.45, 7) is 13.1. The van der Waals surface area contributed by atoms with Crippen LogP contribution in [0.25, 0.3) is 32.6 Å². The van der Waals surface area contributed by atoms with Crippen LogP contribution in [-0.4, -0.2) is 9.97 Å². The van der Waals surface area contributed by atoms with Crippen molar-refractivity contribution in [1.29, 1.82) is 0 Å². The zero-order valence-electron chi connectivity index (χ0n) is 28.5. The van der Waals surface area contributed by atoms with E-state index >= 15 is 0 Å². The summed E-state index contributed by atoms with van der Waals surface area (Å²) in [5.74, 6) is 1.60. The zero-order chi connectivity index (χ0) is 33.4. The van der Waals surface area contributed by atoms with Crippen molar-refractivity contribution in [3.8, 4) is 34.0 Å². The van der Waals surface area contributed by atoms with E-state index in [9.17, 15) is 0 Å². The monoisotopic (exact) mass is 836 g/mol. The van der Waals surface area contributed by atoms with Crippen LogP contribution in [0.4, 0.5) is 17.1 Å². The number of hydrogen-bond donors (Lipinski definition) is 0. The van der Waals surface area contributed by atoms with Crippen molar-refractivity contribution in [2.24, 2.45) is 0 Å². The Bertz CT molecular complexity index is 2210. The second kappa shape index (κ2) is 14.1. The minimum absolute atomic E-state index is 0. The quantitative estimate of drug-likeness (QED) is 0.166. The molecule has 0 amide bonds. The maximum Gasteiger partial charge on any atom is 0.138 e. The number of rotatable bonds is 3. The van der Waals surface area contributed by atoms with Crippen LogP contribution < -0.4 is 9.64 Å². The Kier molecular flexibility index (Phi) is 9.85. The number of para-hydroxylation sites is 2. The van der Waals surface area contributed by atoms with E-state index < -0.39 is 0 Å². The number of thiophene rings is 1. The first-order valence-corrected chi connectivity index (χ1v) is 17.0. The normalized spacial score (nSPS) is 11.8. The Morgan fingerprint density at radius 3 is 2.31 bits per heavy atom. The van der Waals surface area contributed by atoms with E-state index in [1.165, 1.54) is 27.0 Å². The predicted molar refractivity (Wildman–Crippen MR) is 200 cm³/mol. The van der Waals surface area contributed by atoms with E-state index in [4.69, 9.17) is 9.72 Å². The molecule has 7 aromatic rings. The van der Waals surface area contributed by atoms with Gasteiger partial charge in [-0.15, -0.1) is 63.9 Å². The molecule has 3 aromatic heterocycles. The van der Waals surface area contributed by atoms with Gasteiger partial charge in [0.15, 0.2) is 0 Å². The molecule has 4 aromatic carbocycles. The summed E-state index contributed by atoms with van der Waals surface area (Å²) in [6.07, 6.45) is 3.68. The first-order valence-electron chi connectivity index (χ1n) is 16.2. The van der Waals surface area contributed by atoms with Crippen LogP contribution >= 0.6 is 11.3 Å². The van der Waals surface area contributed by atoms with E-state index in [1.54, 1.807) is 11.3 Å². The number of ether oxygens (including phenoxy) is 1. The Balaban J connectivity index is 0.000000220. The molecular weight excluding hydrogens is 799 g/mol. The van der Waals surface area contributed by atoms with Gasteiger partial charge in [-0.3, -0.25) is 0 Å². The molecule has 6 heteroatoms. The molecule has 247 valence electrons. The molecule has 0 bridgehead atoms. The van der Waals surface area contributed by atoms with E-state index in [-0.39, 0.29) is 25.5 Å². The van der Waals surface area contributed by atoms with E-state index in [0.29, 0.717) is 0 Å². The summed E-state index contributed by atoms with van der Waals surface area (Å²) in [6, 6.07) is 40.1. The number of pyridine rings is 2. The second-order valence-electron chi connectivity index (χ2n) is 13.1. The van der Waals surface area contributed by atoms with Gasteiger partial charge in [0.25, 0.3) is 0 Å². The number of nitrogens with zero attached hydrogens (tertiary/aromatic N) is 3. The SMILES string of the molecule is CC(C)(C)c1ccc(N2c3ccccc3Oc3c(-c4nccc5sccc45)[c-]ccc32)cc1.Cc1[c-]c(-c2ccccn2)cc(C)c1C.[Ir]. The number of aromatic nitrogens is 2. The molecule has 1 radical (unpaired) electrons. The van der Waals surface area contributed by atoms with Gasteiger partial charge < -0.3 is 19.6 Å². The summed E-state index contributed by atoms with van der Waals surface area (Å²) in [7, 11) is 0. The summed E-state index contributed by atoms with van der Waals surface area (Å²) in [5.41, 5.74) is 12.2.